The molecule has 0 saturated carbocycles. The molecule has 0 radical (unpaired) electrons. The molecule has 0 spiro atoms. The van der Waals surface area contributed by atoms with Crippen molar-refractivity contribution in [3.8, 4) is 0 Å². The van der Waals surface area contributed by atoms with Crippen LogP contribution in [0.2, 0.25) is 5.02 Å². The van der Waals surface area contributed by atoms with Gasteiger partial charge in [-0.05, 0) is 32.3 Å². The number of hydrogen-bond donors (Lipinski definition) is 1. The van der Waals surface area contributed by atoms with Crippen LogP contribution in [0.3, 0.4) is 0 Å². The van der Waals surface area contributed by atoms with Crippen LogP contribution in [0.4, 0.5) is 5.82 Å². The summed E-state index contributed by atoms with van der Waals surface area (Å²) in [4.78, 5) is 27.9. The molecule has 1 N–H and O–H groups in total. The van der Waals surface area contributed by atoms with Crippen molar-refractivity contribution in [1.82, 2.24) is 30.0 Å². The summed E-state index contributed by atoms with van der Waals surface area (Å²) in [5, 5.41) is 7.63. The average Bonchev–Trinajstić information content (AvgIpc) is 3.13. The normalized spacial score (nSPS) is 18.5. The van der Waals surface area contributed by atoms with Gasteiger partial charge in [0, 0.05) is 45.5 Å². The minimum absolute atomic E-state index is 0.0345. The number of piperazine rings is 1. The van der Waals surface area contributed by atoms with Gasteiger partial charge in [0.05, 0.1) is 17.1 Å². The molecule has 0 unspecified atom stereocenters. The molecule has 2 aliphatic heterocycles. The highest BCUT2D eigenvalue weighted by Crippen LogP contribution is 2.26. The number of anilines is 1. The topological polar surface area (TPSA) is 81.2 Å². The van der Waals surface area contributed by atoms with Crippen LogP contribution in [0.1, 0.15) is 41.3 Å². The van der Waals surface area contributed by atoms with Gasteiger partial charge in [-0.25, -0.2) is 9.97 Å². The molecule has 1 amide bonds. The minimum Gasteiger partial charge on any atom is -0.353 e. The summed E-state index contributed by atoms with van der Waals surface area (Å²) in [7, 11) is 0. The number of amides is 1. The van der Waals surface area contributed by atoms with E-state index in [-0.39, 0.29) is 5.91 Å². The van der Waals surface area contributed by atoms with Crippen molar-refractivity contribution in [3.63, 3.8) is 0 Å². The zero-order chi connectivity index (χ0) is 19.5. The number of piperidine rings is 1. The number of nitrogens with zero attached hydrogens (tertiary/aromatic N) is 6. The number of nitrogens with one attached hydrogen (secondary N) is 1. The predicted octanol–water partition coefficient (Wildman–Crippen LogP) is 2.11. The number of carbonyl (C=O) groups excluding carboxylic acids is 1. The second-order valence-electron chi connectivity index (χ2n) is 7.48. The lowest BCUT2D eigenvalue weighted by molar-refractivity contribution is 0.0724. The largest absolute Gasteiger partial charge is 0.353 e. The van der Waals surface area contributed by atoms with Crippen molar-refractivity contribution in [2.24, 2.45) is 0 Å². The van der Waals surface area contributed by atoms with Gasteiger partial charge in [0.2, 0.25) is 0 Å². The Bertz CT molecular complexity index is 825. The number of aromatic amines is 1. The molecule has 4 rings (SSSR count). The standard InChI is InChI=1S/C19H26ClN7O/c1-14-22-17(24-23-14)13-25-7-9-26(10-8-25)18-16(20)11-15(12-21-18)19(28)27-5-3-2-4-6-27/h11-12H,2-10,13H2,1H3,(H,22,23,24). The van der Waals surface area contributed by atoms with Gasteiger partial charge in [-0.3, -0.25) is 14.8 Å². The monoisotopic (exact) mass is 403 g/mol. The summed E-state index contributed by atoms with van der Waals surface area (Å²) in [5.74, 6) is 2.45. The Labute approximate surface area is 169 Å². The fraction of sp³-hybridized carbons (Fsp3) is 0.579. The van der Waals surface area contributed by atoms with Gasteiger partial charge in [0.1, 0.15) is 11.6 Å². The molecule has 2 aromatic heterocycles. The van der Waals surface area contributed by atoms with Gasteiger partial charge in [0.15, 0.2) is 5.82 Å². The number of aryl methyl sites for hydroxylation is 1. The third-order valence-corrected chi connectivity index (χ3v) is 5.67. The van der Waals surface area contributed by atoms with Gasteiger partial charge < -0.3 is 9.80 Å². The lowest BCUT2D eigenvalue weighted by atomic mass is 10.1. The second-order valence-corrected chi connectivity index (χ2v) is 7.89. The van der Waals surface area contributed by atoms with E-state index in [1.807, 2.05) is 11.8 Å². The summed E-state index contributed by atoms with van der Waals surface area (Å²) < 4.78 is 0. The maximum atomic E-state index is 12.7. The Morgan fingerprint density at radius 3 is 2.54 bits per heavy atom. The second kappa shape index (κ2) is 8.45. The third-order valence-electron chi connectivity index (χ3n) is 5.39. The fourth-order valence-electron chi connectivity index (χ4n) is 3.84. The molecule has 0 atom stereocenters. The first-order valence-electron chi connectivity index (χ1n) is 9.90. The molecule has 2 saturated heterocycles. The zero-order valence-corrected chi connectivity index (χ0v) is 17.0. The smallest absolute Gasteiger partial charge is 0.255 e. The maximum Gasteiger partial charge on any atom is 0.255 e. The van der Waals surface area contributed by atoms with Crippen LogP contribution in [0.5, 0.6) is 0 Å². The van der Waals surface area contributed by atoms with Gasteiger partial charge in [0.25, 0.3) is 5.91 Å². The maximum absolute atomic E-state index is 12.7. The number of rotatable bonds is 4. The molecule has 8 nitrogen and oxygen atoms in total. The van der Waals surface area contributed by atoms with E-state index >= 15 is 0 Å². The quantitative estimate of drug-likeness (QED) is 0.842. The van der Waals surface area contributed by atoms with Gasteiger partial charge in [-0.2, -0.15) is 5.10 Å². The van der Waals surface area contributed by atoms with Crippen molar-refractivity contribution >= 4 is 23.3 Å². The minimum atomic E-state index is 0.0345. The number of carbonyl (C=O) groups is 1. The van der Waals surface area contributed by atoms with E-state index in [9.17, 15) is 4.79 Å². The van der Waals surface area contributed by atoms with Crippen LogP contribution in [0.15, 0.2) is 12.3 Å². The highest BCUT2D eigenvalue weighted by atomic mass is 35.5. The molecule has 2 aromatic rings. The van der Waals surface area contributed by atoms with Crippen LogP contribution in [0.25, 0.3) is 0 Å². The zero-order valence-electron chi connectivity index (χ0n) is 16.2. The third kappa shape index (κ3) is 4.28. The summed E-state index contributed by atoms with van der Waals surface area (Å²) >= 11 is 6.50. The Balaban J connectivity index is 1.36. The first-order valence-corrected chi connectivity index (χ1v) is 10.3. The molecular formula is C19H26ClN7O. The van der Waals surface area contributed by atoms with E-state index in [0.717, 1.165) is 76.1 Å². The summed E-state index contributed by atoms with van der Waals surface area (Å²) in [6.07, 6.45) is 5.01. The first kappa shape index (κ1) is 19.1. The number of aromatic nitrogens is 4. The van der Waals surface area contributed by atoms with Gasteiger partial charge in [-0.1, -0.05) is 11.6 Å². The fourth-order valence-corrected chi connectivity index (χ4v) is 4.12. The Kier molecular flexibility index (Phi) is 5.77. The van der Waals surface area contributed by atoms with E-state index < -0.39 is 0 Å². The van der Waals surface area contributed by atoms with Crippen LogP contribution < -0.4 is 4.90 Å². The van der Waals surface area contributed by atoms with E-state index in [2.05, 4.69) is 30.0 Å². The molecule has 0 aromatic carbocycles. The summed E-state index contributed by atoms with van der Waals surface area (Å²) in [6, 6.07) is 1.77. The lowest BCUT2D eigenvalue weighted by Crippen LogP contribution is -2.46. The Morgan fingerprint density at radius 2 is 1.89 bits per heavy atom. The lowest BCUT2D eigenvalue weighted by Gasteiger charge is -2.35. The number of hydrogen-bond acceptors (Lipinski definition) is 6. The van der Waals surface area contributed by atoms with Crippen molar-refractivity contribution in [3.05, 3.63) is 34.5 Å². The first-order chi connectivity index (χ1) is 13.6. The van der Waals surface area contributed by atoms with Crippen LogP contribution >= 0.6 is 11.6 Å². The van der Waals surface area contributed by atoms with E-state index in [1.54, 1.807) is 12.3 Å². The van der Waals surface area contributed by atoms with E-state index in [0.29, 0.717) is 10.6 Å². The molecule has 2 fully saturated rings. The Morgan fingerprint density at radius 1 is 1.14 bits per heavy atom. The average molecular weight is 404 g/mol. The number of H-pyrrole nitrogens is 1. The highest BCUT2D eigenvalue weighted by Gasteiger charge is 2.23. The van der Waals surface area contributed by atoms with Crippen molar-refractivity contribution in [1.29, 1.82) is 0 Å². The highest BCUT2D eigenvalue weighted by molar-refractivity contribution is 6.33. The Hall–Kier alpha value is -2.19. The molecular weight excluding hydrogens is 378 g/mol. The molecule has 4 heterocycles. The molecule has 9 heteroatoms. The van der Waals surface area contributed by atoms with Crippen LogP contribution in [-0.2, 0) is 6.54 Å². The summed E-state index contributed by atoms with van der Waals surface area (Å²) in [6.45, 7) is 7.73. The van der Waals surface area contributed by atoms with Crippen LogP contribution in [-0.4, -0.2) is 75.1 Å². The van der Waals surface area contributed by atoms with Crippen LogP contribution in [0, 0.1) is 6.92 Å². The molecule has 2 aliphatic rings. The number of likely N-dealkylation sites (tertiary alicyclic amines) is 1. The van der Waals surface area contributed by atoms with E-state index in [1.165, 1.54) is 6.42 Å². The van der Waals surface area contributed by atoms with Crippen molar-refractivity contribution in [2.45, 2.75) is 32.7 Å². The van der Waals surface area contributed by atoms with Gasteiger partial charge >= 0.3 is 0 Å². The molecule has 28 heavy (non-hydrogen) atoms. The molecule has 150 valence electrons. The van der Waals surface area contributed by atoms with Gasteiger partial charge in [-0.15, -0.1) is 0 Å². The van der Waals surface area contributed by atoms with E-state index in [4.69, 9.17) is 11.6 Å². The predicted molar refractivity (Wildman–Crippen MR) is 108 cm³/mol. The molecule has 0 bridgehead atoms. The number of pyridine rings is 1. The summed E-state index contributed by atoms with van der Waals surface area (Å²) in [5.41, 5.74) is 0.578. The molecule has 0 aliphatic carbocycles. The van der Waals surface area contributed by atoms with Crippen molar-refractivity contribution < 1.29 is 4.79 Å². The number of halogens is 1. The van der Waals surface area contributed by atoms with Crippen molar-refractivity contribution in [2.75, 3.05) is 44.2 Å². The SMILES string of the molecule is Cc1nc(CN2CCN(c3ncc(C(=O)N4CCCCC4)cc3Cl)CC2)n[nH]1.